The normalized spacial score (nSPS) is 12.5. The summed E-state index contributed by atoms with van der Waals surface area (Å²) in [7, 11) is 1.65. The molecule has 0 aliphatic rings. The number of carbonyl (C=O) groups is 1. The van der Waals surface area contributed by atoms with Crippen molar-refractivity contribution in [3.05, 3.63) is 29.8 Å². The zero-order valence-corrected chi connectivity index (χ0v) is 11.6. The summed E-state index contributed by atoms with van der Waals surface area (Å²) in [6.07, 6.45) is 0.544. The third-order valence-electron chi connectivity index (χ3n) is 2.54. The Morgan fingerprint density at radius 2 is 1.89 bits per heavy atom. The number of ether oxygens (including phenoxy) is 2. The Labute approximate surface area is 109 Å². The van der Waals surface area contributed by atoms with Gasteiger partial charge in [-0.15, -0.1) is 0 Å². The SMILES string of the molecule is COCC(C)CC(=O)c1ccccc1OC(C)C. The molecular formula is C15H22O3. The molecule has 1 aromatic carbocycles. The van der Waals surface area contributed by atoms with E-state index in [4.69, 9.17) is 9.47 Å². The summed E-state index contributed by atoms with van der Waals surface area (Å²) in [5.41, 5.74) is 0.661. The van der Waals surface area contributed by atoms with E-state index < -0.39 is 0 Å². The van der Waals surface area contributed by atoms with Crippen molar-refractivity contribution >= 4 is 5.78 Å². The number of hydrogen-bond donors (Lipinski definition) is 0. The van der Waals surface area contributed by atoms with Gasteiger partial charge in [-0.3, -0.25) is 4.79 Å². The van der Waals surface area contributed by atoms with Crippen LogP contribution in [0.3, 0.4) is 0 Å². The van der Waals surface area contributed by atoms with Crippen molar-refractivity contribution in [2.24, 2.45) is 5.92 Å². The number of rotatable bonds is 7. The molecule has 0 saturated carbocycles. The smallest absolute Gasteiger partial charge is 0.166 e. The van der Waals surface area contributed by atoms with Gasteiger partial charge in [0, 0.05) is 20.1 Å². The minimum absolute atomic E-state index is 0.0651. The number of benzene rings is 1. The number of methoxy groups -OCH3 is 1. The second-order valence-corrected chi connectivity index (χ2v) is 4.85. The molecule has 3 nitrogen and oxygen atoms in total. The molecule has 0 N–H and O–H groups in total. The van der Waals surface area contributed by atoms with Gasteiger partial charge in [-0.1, -0.05) is 19.1 Å². The Balaban J connectivity index is 2.78. The van der Waals surface area contributed by atoms with Crippen LogP contribution in [0.2, 0.25) is 0 Å². The van der Waals surface area contributed by atoms with Gasteiger partial charge < -0.3 is 9.47 Å². The van der Waals surface area contributed by atoms with Crippen molar-refractivity contribution in [3.8, 4) is 5.75 Å². The number of para-hydroxylation sites is 1. The predicted octanol–water partition coefficient (Wildman–Crippen LogP) is 3.33. The fraction of sp³-hybridized carbons (Fsp3) is 0.533. The van der Waals surface area contributed by atoms with Gasteiger partial charge in [0.15, 0.2) is 5.78 Å². The van der Waals surface area contributed by atoms with Crippen LogP contribution < -0.4 is 4.74 Å². The van der Waals surface area contributed by atoms with E-state index >= 15 is 0 Å². The molecule has 0 aliphatic heterocycles. The van der Waals surface area contributed by atoms with Gasteiger partial charge in [0.2, 0.25) is 0 Å². The highest BCUT2D eigenvalue weighted by Gasteiger charge is 2.15. The van der Waals surface area contributed by atoms with Crippen LogP contribution in [0.1, 0.15) is 37.6 Å². The lowest BCUT2D eigenvalue weighted by atomic mass is 9.99. The van der Waals surface area contributed by atoms with Gasteiger partial charge in [0.25, 0.3) is 0 Å². The zero-order valence-electron chi connectivity index (χ0n) is 11.6. The predicted molar refractivity (Wildman–Crippen MR) is 72.2 cm³/mol. The average Bonchev–Trinajstić information content (AvgIpc) is 2.28. The highest BCUT2D eigenvalue weighted by molar-refractivity contribution is 5.98. The van der Waals surface area contributed by atoms with Crippen LogP contribution in [-0.4, -0.2) is 25.6 Å². The van der Waals surface area contributed by atoms with Crippen molar-refractivity contribution in [3.63, 3.8) is 0 Å². The van der Waals surface area contributed by atoms with Gasteiger partial charge in [-0.05, 0) is 31.9 Å². The molecule has 0 aliphatic carbocycles. The summed E-state index contributed by atoms with van der Waals surface area (Å²) in [4.78, 5) is 12.2. The molecule has 0 spiro atoms. The quantitative estimate of drug-likeness (QED) is 0.696. The summed E-state index contributed by atoms with van der Waals surface area (Å²) < 4.78 is 10.7. The molecule has 0 heterocycles. The molecule has 1 aromatic rings. The van der Waals surface area contributed by atoms with Crippen LogP contribution in [0, 0.1) is 5.92 Å². The van der Waals surface area contributed by atoms with Crippen LogP contribution in [0.4, 0.5) is 0 Å². The van der Waals surface area contributed by atoms with E-state index in [1.165, 1.54) is 0 Å². The molecule has 3 heteroatoms. The van der Waals surface area contributed by atoms with Crippen molar-refractivity contribution in [2.45, 2.75) is 33.3 Å². The molecule has 1 atom stereocenters. The summed E-state index contributed by atoms with van der Waals surface area (Å²) in [5, 5.41) is 0. The van der Waals surface area contributed by atoms with E-state index in [2.05, 4.69) is 0 Å². The van der Waals surface area contributed by atoms with Crippen LogP contribution in [0.25, 0.3) is 0 Å². The van der Waals surface area contributed by atoms with Crippen LogP contribution in [0.5, 0.6) is 5.75 Å². The van der Waals surface area contributed by atoms with Crippen LogP contribution in [0.15, 0.2) is 24.3 Å². The topological polar surface area (TPSA) is 35.5 Å². The Hall–Kier alpha value is -1.35. The number of ketones is 1. The van der Waals surface area contributed by atoms with Gasteiger partial charge in [-0.2, -0.15) is 0 Å². The minimum atomic E-state index is 0.0651. The monoisotopic (exact) mass is 250 g/mol. The van der Waals surface area contributed by atoms with E-state index in [0.717, 1.165) is 0 Å². The van der Waals surface area contributed by atoms with E-state index in [-0.39, 0.29) is 17.8 Å². The first kappa shape index (κ1) is 14.7. The third-order valence-corrected chi connectivity index (χ3v) is 2.54. The molecule has 1 rings (SSSR count). The molecule has 100 valence electrons. The maximum absolute atomic E-state index is 12.2. The number of carbonyl (C=O) groups excluding carboxylic acids is 1. The van der Waals surface area contributed by atoms with E-state index in [0.29, 0.717) is 24.3 Å². The van der Waals surface area contributed by atoms with Crippen molar-refractivity contribution in [2.75, 3.05) is 13.7 Å². The third kappa shape index (κ3) is 4.49. The second-order valence-electron chi connectivity index (χ2n) is 4.85. The van der Waals surface area contributed by atoms with Crippen molar-refractivity contribution < 1.29 is 14.3 Å². The Bertz CT molecular complexity index is 385. The zero-order chi connectivity index (χ0) is 13.5. The van der Waals surface area contributed by atoms with Crippen LogP contribution in [-0.2, 0) is 4.74 Å². The van der Waals surface area contributed by atoms with Gasteiger partial charge in [0.05, 0.1) is 11.7 Å². The molecule has 0 bridgehead atoms. The van der Waals surface area contributed by atoms with Crippen molar-refractivity contribution in [1.29, 1.82) is 0 Å². The Morgan fingerprint density at radius 3 is 2.50 bits per heavy atom. The highest BCUT2D eigenvalue weighted by Crippen LogP contribution is 2.22. The van der Waals surface area contributed by atoms with E-state index in [1.54, 1.807) is 7.11 Å². The molecule has 0 radical (unpaired) electrons. The molecule has 0 saturated heterocycles. The fourth-order valence-electron chi connectivity index (χ4n) is 1.82. The fourth-order valence-corrected chi connectivity index (χ4v) is 1.82. The van der Waals surface area contributed by atoms with Crippen LogP contribution >= 0.6 is 0 Å². The van der Waals surface area contributed by atoms with E-state index in [1.807, 2.05) is 45.0 Å². The molecule has 0 fully saturated rings. The largest absolute Gasteiger partial charge is 0.490 e. The Morgan fingerprint density at radius 1 is 1.22 bits per heavy atom. The first-order valence-electron chi connectivity index (χ1n) is 6.32. The van der Waals surface area contributed by atoms with Crippen molar-refractivity contribution in [1.82, 2.24) is 0 Å². The summed E-state index contributed by atoms with van der Waals surface area (Å²) >= 11 is 0. The minimum Gasteiger partial charge on any atom is -0.490 e. The lowest BCUT2D eigenvalue weighted by Gasteiger charge is -2.15. The molecule has 0 amide bonds. The van der Waals surface area contributed by atoms with Gasteiger partial charge >= 0.3 is 0 Å². The van der Waals surface area contributed by atoms with Gasteiger partial charge in [0.1, 0.15) is 5.75 Å². The molecule has 18 heavy (non-hydrogen) atoms. The number of Topliss-reactive ketones (excluding diaryl/α,β-unsaturated/α-hetero) is 1. The Kier molecular flexibility index (Phi) is 5.86. The molecule has 0 aromatic heterocycles. The molecular weight excluding hydrogens is 228 g/mol. The average molecular weight is 250 g/mol. The maximum atomic E-state index is 12.2. The first-order valence-corrected chi connectivity index (χ1v) is 6.32. The summed E-state index contributed by atoms with van der Waals surface area (Å²) in [6.45, 7) is 6.51. The van der Waals surface area contributed by atoms with Gasteiger partial charge in [-0.25, -0.2) is 0 Å². The standard InChI is InChI=1S/C15H22O3/c1-11(2)18-15-8-6-5-7-13(15)14(16)9-12(3)10-17-4/h5-8,11-12H,9-10H2,1-4H3. The maximum Gasteiger partial charge on any atom is 0.166 e. The van der Waals surface area contributed by atoms with E-state index in [9.17, 15) is 4.79 Å². The highest BCUT2D eigenvalue weighted by atomic mass is 16.5. The second kappa shape index (κ2) is 7.17. The first-order chi connectivity index (χ1) is 8.54. The summed E-state index contributed by atoms with van der Waals surface area (Å²) in [6, 6.07) is 7.41. The molecule has 1 unspecified atom stereocenters. The lowest BCUT2D eigenvalue weighted by Crippen LogP contribution is -2.13. The number of hydrogen-bond acceptors (Lipinski definition) is 3. The summed E-state index contributed by atoms with van der Waals surface area (Å²) in [5.74, 6) is 0.993. The lowest BCUT2D eigenvalue weighted by molar-refractivity contribution is 0.0914.